The molecule has 5 heteroatoms. The lowest BCUT2D eigenvalue weighted by atomic mass is 10.2. The summed E-state index contributed by atoms with van der Waals surface area (Å²) in [6, 6.07) is 4.18. The largest absolute Gasteiger partial charge is 0.454 e. The van der Waals surface area contributed by atoms with Crippen LogP contribution in [-0.4, -0.2) is 18.5 Å². The van der Waals surface area contributed by atoms with Crippen LogP contribution in [0.4, 0.5) is 0 Å². The second kappa shape index (κ2) is 4.98. The predicted octanol–water partition coefficient (Wildman–Crippen LogP) is 1.25. The average Bonchev–Trinajstić information content (AvgIpc) is 2.76. The molecule has 1 fully saturated rings. The summed E-state index contributed by atoms with van der Waals surface area (Å²) in [5.74, 6) is 1.10. The Kier molecular flexibility index (Phi) is 3.63. The Hall–Kier alpha value is -0.560. The maximum absolute atomic E-state index is 10.9. The van der Waals surface area contributed by atoms with Crippen molar-refractivity contribution in [2.24, 2.45) is 0 Å². The molecular weight excluding hydrogens is 307 g/mol. The average molecular weight is 320 g/mol. The molecule has 1 atom stereocenters. The second-order valence-electron chi connectivity index (χ2n) is 3.64. The molecule has 0 aromatic carbocycles. The first-order valence-corrected chi connectivity index (χ1v) is 6.06. The van der Waals surface area contributed by atoms with E-state index in [1.807, 2.05) is 12.1 Å². The van der Waals surface area contributed by atoms with Crippen LogP contribution in [0, 0.1) is 3.77 Å². The van der Waals surface area contributed by atoms with Gasteiger partial charge in [-0.15, -0.1) is 0 Å². The molecule has 82 valence electrons. The third kappa shape index (κ3) is 3.20. The quantitative estimate of drug-likeness (QED) is 0.821. The molecule has 4 nitrogen and oxygen atoms in total. The maximum Gasteiger partial charge on any atom is 0.220 e. The number of hydrogen-bond acceptors (Lipinski definition) is 3. The van der Waals surface area contributed by atoms with Crippen LogP contribution in [0.1, 0.15) is 18.6 Å². The van der Waals surface area contributed by atoms with Crippen LogP contribution in [0.3, 0.4) is 0 Å². The van der Waals surface area contributed by atoms with Crippen molar-refractivity contribution in [3.63, 3.8) is 0 Å². The predicted molar refractivity (Wildman–Crippen MR) is 64.3 cm³/mol. The third-order valence-corrected chi connectivity index (χ3v) is 2.98. The summed E-state index contributed by atoms with van der Waals surface area (Å²) in [5.41, 5.74) is 0. The molecule has 2 rings (SSSR count). The Labute approximate surface area is 102 Å². The smallest absolute Gasteiger partial charge is 0.220 e. The zero-order valence-corrected chi connectivity index (χ0v) is 10.4. The molecule has 2 heterocycles. The molecule has 0 spiro atoms. The minimum atomic E-state index is 0.161. The Morgan fingerprint density at radius 3 is 3.07 bits per heavy atom. The number of amides is 1. The fraction of sp³-hybridized carbons (Fsp3) is 0.500. The normalized spacial score (nSPS) is 20.6. The van der Waals surface area contributed by atoms with Gasteiger partial charge in [0.2, 0.25) is 5.91 Å². The lowest BCUT2D eigenvalue weighted by molar-refractivity contribution is -0.119. The summed E-state index contributed by atoms with van der Waals surface area (Å²) in [7, 11) is 0. The number of rotatable bonds is 4. The molecular formula is C10H13IN2O2. The van der Waals surface area contributed by atoms with Crippen molar-refractivity contribution in [2.75, 3.05) is 6.54 Å². The molecule has 1 saturated heterocycles. The van der Waals surface area contributed by atoms with Crippen molar-refractivity contribution in [3.8, 4) is 0 Å². The monoisotopic (exact) mass is 320 g/mol. The van der Waals surface area contributed by atoms with E-state index in [2.05, 4.69) is 33.2 Å². The van der Waals surface area contributed by atoms with Gasteiger partial charge in [-0.05, 0) is 41.1 Å². The molecule has 1 aliphatic rings. The maximum atomic E-state index is 10.9. The zero-order chi connectivity index (χ0) is 10.7. The molecule has 1 unspecified atom stereocenters. The Balaban J connectivity index is 1.69. The van der Waals surface area contributed by atoms with Gasteiger partial charge in [-0.2, -0.15) is 0 Å². The van der Waals surface area contributed by atoms with Crippen LogP contribution in [0.5, 0.6) is 0 Å². The van der Waals surface area contributed by atoms with E-state index in [0.717, 1.165) is 29.0 Å². The van der Waals surface area contributed by atoms with Crippen molar-refractivity contribution < 1.29 is 9.21 Å². The van der Waals surface area contributed by atoms with E-state index < -0.39 is 0 Å². The first kappa shape index (κ1) is 10.9. The highest BCUT2D eigenvalue weighted by Gasteiger charge is 2.19. The fourth-order valence-corrected chi connectivity index (χ4v) is 2.11. The van der Waals surface area contributed by atoms with Crippen LogP contribution in [-0.2, 0) is 11.3 Å². The number of carbonyl (C=O) groups excluding carboxylic acids is 1. The highest BCUT2D eigenvalue weighted by atomic mass is 127. The van der Waals surface area contributed by atoms with Gasteiger partial charge in [-0.3, -0.25) is 4.79 Å². The van der Waals surface area contributed by atoms with Gasteiger partial charge in [-0.25, -0.2) is 0 Å². The van der Waals surface area contributed by atoms with E-state index in [4.69, 9.17) is 4.42 Å². The third-order valence-electron chi connectivity index (χ3n) is 2.40. The Bertz CT molecular complexity index is 351. The van der Waals surface area contributed by atoms with Crippen LogP contribution in [0.2, 0.25) is 0 Å². The van der Waals surface area contributed by atoms with Crippen molar-refractivity contribution in [3.05, 3.63) is 21.7 Å². The molecule has 1 aromatic heterocycles. The highest BCUT2D eigenvalue weighted by molar-refractivity contribution is 14.1. The van der Waals surface area contributed by atoms with E-state index in [0.29, 0.717) is 6.42 Å². The van der Waals surface area contributed by atoms with Crippen molar-refractivity contribution in [1.82, 2.24) is 10.6 Å². The number of furan rings is 1. The molecule has 1 aromatic rings. The van der Waals surface area contributed by atoms with Crippen LogP contribution in [0.25, 0.3) is 0 Å². The number of halogens is 1. The summed E-state index contributed by atoms with van der Waals surface area (Å²) in [6.07, 6.45) is 1.59. The van der Waals surface area contributed by atoms with E-state index in [1.165, 1.54) is 0 Å². The van der Waals surface area contributed by atoms with Crippen LogP contribution < -0.4 is 10.6 Å². The van der Waals surface area contributed by atoms with E-state index >= 15 is 0 Å². The number of carbonyl (C=O) groups is 1. The van der Waals surface area contributed by atoms with Gasteiger partial charge >= 0.3 is 0 Å². The van der Waals surface area contributed by atoms with Crippen molar-refractivity contribution in [1.29, 1.82) is 0 Å². The Morgan fingerprint density at radius 1 is 1.60 bits per heavy atom. The summed E-state index contributed by atoms with van der Waals surface area (Å²) in [5, 5.41) is 6.18. The molecule has 2 N–H and O–H groups in total. The summed E-state index contributed by atoms with van der Waals surface area (Å²) in [6.45, 7) is 1.53. The van der Waals surface area contributed by atoms with Gasteiger partial charge in [-0.1, -0.05) is 0 Å². The first-order chi connectivity index (χ1) is 7.24. The highest BCUT2D eigenvalue weighted by Crippen LogP contribution is 2.10. The first-order valence-electron chi connectivity index (χ1n) is 4.98. The second-order valence-corrected chi connectivity index (χ2v) is 4.70. The standard InChI is InChI=1S/C10H13IN2O2/c11-9-3-2-8(15-9)6-12-5-7-1-4-10(14)13-7/h2-3,7,12H,1,4-6H2,(H,13,14). The van der Waals surface area contributed by atoms with Gasteiger partial charge in [0.05, 0.1) is 6.54 Å². The molecule has 0 radical (unpaired) electrons. The lowest BCUT2D eigenvalue weighted by Gasteiger charge is -2.09. The number of nitrogens with one attached hydrogen (secondary N) is 2. The van der Waals surface area contributed by atoms with Crippen LogP contribution >= 0.6 is 22.6 Å². The molecule has 1 aliphatic heterocycles. The Morgan fingerprint density at radius 2 is 2.47 bits per heavy atom. The molecule has 1 amide bonds. The van der Waals surface area contributed by atoms with Crippen LogP contribution in [0.15, 0.2) is 16.5 Å². The van der Waals surface area contributed by atoms with Gasteiger partial charge < -0.3 is 15.1 Å². The summed E-state index contributed by atoms with van der Waals surface area (Å²) < 4.78 is 6.31. The summed E-state index contributed by atoms with van der Waals surface area (Å²) >= 11 is 2.14. The molecule has 0 bridgehead atoms. The summed E-state index contributed by atoms with van der Waals surface area (Å²) in [4.78, 5) is 10.9. The molecule has 0 aliphatic carbocycles. The topological polar surface area (TPSA) is 54.3 Å². The zero-order valence-electron chi connectivity index (χ0n) is 8.25. The van der Waals surface area contributed by atoms with Crippen molar-refractivity contribution in [2.45, 2.75) is 25.4 Å². The van der Waals surface area contributed by atoms with E-state index in [9.17, 15) is 4.79 Å². The number of hydrogen-bond donors (Lipinski definition) is 2. The minimum Gasteiger partial charge on any atom is -0.454 e. The van der Waals surface area contributed by atoms with E-state index in [1.54, 1.807) is 0 Å². The lowest BCUT2D eigenvalue weighted by Crippen LogP contribution is -2.35. The fourth-order valence-electron chi connectivity index (χ4n) is 1.65. The van der Waals surface area contributed by atoms with Gasteiger partial charge in [0.25, 0.3) is 0 Å². The van der Waals surface area contributed by atoms with Gasteiger partial charge in [0.1, 0.15) is 5.76 Å². The molecule has 15 heavy (non-hydrogen) atoms. The van der Waals surface area contributed by atoms with Gasteiger partial charge in [0.15, 0.2) is 3.77 Å². The minimum absolute atomic E-state index is 0.161. The van der Waals surface area contributed by atoms with E-state index in [-0.39, 0.29) is 11.9 Å². The molecule has 0 saturated carbocycles. The van der Waals surface area contributed by atoms with Crippen molar-refractivity contribution >= 4 is 28.5 Å². The van der Waals surface area contributed by atoms with Gasteiger partial charge in [0, 0.05) is 19.0 Å². The SMILES string of the molecule is O=C1CCC(CNCc2ccc(I)o2)N1.